The van der Waals surface area contributed by atoms with Gasteiger partial charge in [-0.3, -0.25) is 4.68 Å². The first-order valence-electron chi connectivity index (χ1n) is 3.00. The van der Waals surface area contributed by atoms with Crippen LogP contribution in [-0.2, 0) is 5.24 Å². The molecule has 6 radical (unpaired) electrons. The van der Waals surface area contributed by atoms with Gasteiger partial charge in [-0.05, 0) is 34.2 Å². The molecule has 1 aromatic heterocycles. The average molecular weight is 204 g/mol. The van der Waals surface area contributed by atoms with Crippen molar-refractivity contribution in [3.8, 4) is 0 Å². The van der Waals surface area contributed by atoms with Crippen LogP contribution >= 0.6 is 15.9 Å². The lowest BCUT2D eigenvalue weighted by atomic mass is 9.49. The standard InChI is InChI=1S/C5H4B3BrN2/c1-3-2-4(9)11(10-3)5(6,7)8/h2H,1H3. The van der Waals surface area contributed by atoms with Crippen molar-refractivity contribution < 1.29 is 0 Å². The zero-order valence-electron chi connectivity index (χ0n) is 6.08. The highest BCUT2D eigenvalue weighted by molar-refractivity contribution is 9.10. The Morgan fingerprint density at radius 2 is 2.09 bits per heavy atom. The van der Waals surface area contributed by atoms with Crippen molar-refractivity contribution in [3.05, 3.63) is 16.4 Å². The van der Waals surface area contributed by atoms with E-state index in [0.29, 0.717) is 4.60 Å². The molecule has 1 heterocycles. The molecule has 0 aliphatic heterocycles. The summed E-state index contributed by atoms with van der Waals surface area (Å²) in [6.07, 6.45) is 0. The molecule has 0 aliphatic rings. The van der Waals surface area contributed by atoms with Crippen molar-refractivity contribution in [2.24, 2.45) is 0 Å². The molecule has 0 unspecified atom stereocenters. The normalized spacial score (nSPS) is 11.8. The molecule has 0 saturated heterocycles. The van der Waals surface area contributed by atoms with Gasteiger partial charge in [0.15, 0.2) is 0 Å². The second kappa shape index (κ2) is 2.74. The molecule has 2 nitrogen and oxygen atoms in total. The fourth-order valence-electron chi connectivity index (χ4n) is 0.739. The summed E-state index contributed by atoms with van der Waals surface area (Å²) in [4.78, 5) is 0. The minimum absolute atomic E-state index is 0.669. The Kier molecular flexibility index (Phi) is 2.23. The van der Waals surface area contributed by atoms with Crippen LogP contribution in [0.4, 0.5) is 0 Å². The number of nitrogens with zero attached hydrogens (tertiary/aromatic N) is 2. The van der Waals surface area contributed by atoms with Crippen LogP contribution in [0.1, 0.15) is 5.69 Å². The highest BCUT2D eigenvalue weighted by Crippen LogP contribution is 2.15. The van der Waals surface area contributed by atoms with Gasteiger partial charge in [0, 0.05) is 0 Å². The van der Waals surface area contributed by atoms with Gasteiger partial charge in [-0.15, -0.1) is 0 Å². The Labute approximate surface area is 78.1 Å². The van der Waals surface area contributed by atoms with Gasteiger partial charge >= 0.3 is 0 Å². The van der Waals surface area contributed by atoms with Crippen molar-refractivity contribution >= 4 is 39.5 Å². The van der Waals surface area contributed by atoms with Gasteiger partial charge in [0.1, 0.15) is 4.60 Å². The van der Waals surface area contributed by atoms with Gasteiger partial charge in [0.2, 0.25) is 0 Å². The zero-order chi connectivity index (χ0) is 8.65. The van der Waals surface area contributed by atoms with Crippen LogP contribution in [-0.4, -0.2) is 33.3 Å². The SMILES string of the molecule is [B]C([B])([B])n1nc(C)cc1Br. The third-order valence-corrected chi connectivity index (χ3v) is 1.72. The van der Waals surface area contributed by atoms with E-state index in [9.17, 15) is 0 Å². The maximum atomic E-state index is 5.40. The van der Waals surface area contributed by atoms with E-state index in [2.05, 4.69) is 21.0 Å². The molecule has 0 atom stereocenters. The third kappa shape index (κ3) is 1.92. The van der Waals surface area contributed by atoms with Crippen LogP contribution < -0.4 is 0 Å². The van der Waals surface area contributed by atoms with E-state index in [1.165, 1.54) is 4.68 Å². The predicted octanol–water partition coefficient (Wildman–Crippen LogP) is 0.0273. The number of hydrogen-bond donors (Lipinski definition) is 0. The first-order chi connectivity index (χ1) is 4.91. The molecular formula is C5H4B3BrN2. The number of halogens is 1. The van der Waals surface area contributed by atoms with Crippen molar-refractivity contribution in [1.82, 2.24) is 9.78 Å². The molecule has 0 aromatic carbocycles. The molecule has 1 aromatic rings. The number of aryl methyl sites for hydroxylation is 1. The molecule has 0 spiro atoms. The first kappa shape index (κ1) is 8.98. The van der Waals surface area contributed by atoms with Crippen LogP contribution in [0.2, 0.25) is 0 Å². The predicted molar refractivity (Wildman–Crippen MR) is 49.9 cm³/mol. The van der Waals surface area contributed by atoms with Gasteiger partial charge in [0.25, 0.3) is 0 Å². The van der Waals surface area contributed by atoms with Gasteiger partial charge in [-0.2, -0.15) is 5.10 Å². The van der Waals surface area contributed by atoms with Crippen molar-refractivity contribution in [2.75, 3.05) is 0 Å². The van der Waals surface area contributed by atoms with Crippen LogP contribution in [0.25, 0.3) is 0 Å². The molecule has 0 aliphatic carbocycles. The molecule has 0 amide bonds. The summed E-state index contributed by atoms with van der Waals surface area (Å²) in [6.45, 7) is 1.83. The third-order valence-electron chi connectivity index (χ3n) is 1.15. The highest BCUT2D eigenvalue weighted by Gasteiger charge is 2.15. The Morgan fingerprint density at radius 1 is 1.55 bits per heavy atom. The molecule has 0 bridgehead atoms. The van der Waals surface area contributed by atoms with Crippen molar-refractivity contribution in [2.45, 2.75) is 12.2 Å². The lowest BCUT2D eigenvalue weighted by molar-refractivity contribution is 0.649. The van der Waals surface area contributed by atoms with Crippen LogP contribution in [0.3, 0.4) is 0 Å². The Bertz CT molecular complexity index is 265. The van der Waals surface area contributed by atoms with E-state index in [-0.39, 0.29) is 0 Å². The Balaban J connectivity index is 3.13. The van der Waals surface area contributed by atoms with Crippen LogP contribution in [0.15, 0.2) is 10.7 Å². The molecule has 0 saturated carbocycles. The molecule has 1 rings (SSSR count). The van der Waals surface area contributed by atoms with E-state index in [0.717, 1.165) is 5.69 Å². The van der Waals surface area contributed by atoms with Gasteiger partial charge in [0.05, 0.1) is 29.2 Å². The summed E-state index contributed by atoms with van der Waals surface area (Å²) < 4.78 is 1.98. The second-order valence-electron chi connectivity index (χ2n) is 2.41. The summed E-state index contributed by atoms with van der Waals surface area (Å²) in [5.41, 5.74) is 0.808. The molecule has 50 valence electrons. The molecule has 11 heavy (non-hydrogen) atoms. The maximum Gasteiger partial charge on any atom is 0.102 e. The van der Waals surface area contributed by atoms with Gasteiger partial charge in [-0.25, -0.2) is 0 Å². The van der Waals surface area contributed by atoms with E-state index < -0.39 is 5.24 Å². The summed E-state index contributed by atoms with van der Waals surface area (Å²) >= 11 is 3.21. The number of hydrogen-bond acceptors (Lipinski definition) is 1. The summed E-state index contributed by atoms with van der Waals surface area (Å²) in [7, 11) is 16.2. The Morgan fingerprint density at radius 3 is 2.27 bits per heavy atom. The minimum Gasteiger partial charge on any atom is -0.278 e. The van der Waals surface area contributed by atoms with Crippen LogP contribution in [0.5, 0.6) is 0 Å². The Hall–Kier alpha value is -0.115. The molecule has 0 N–H and O–H groups in total. The van der Waals surface area contributed by atoms with E-state index >= 15 is 0 Å². The monoisotopic (exact) mass is 204 g/mol. The quantitative estimate of drug-likeness (QED) is 0.590. The summed E-state index contributed by atoms with van der Waals surface area (Å²) in [5, 5.41) is 2.54. The fraction of sp³-hybridized carbons (Fsp3) is 0.400. The molecular weight excluding hydrogens is 200 g/mol. The second-order valence-corrected chi connectivity index (χ2v) is 3.22. The van der Waals surface area contributed by atoms with Crippen LogP contribution in [0, 0.1) is 6.92 Å². The van der Waals surface area contributed by atoms with E-state index in [1.54, 1.807) is 6.07 Å². The lowest BCUT2D eigenvalue weighted by Crippen LogP contribution is -2.36. The van der Waals surface area contributed by atoms with Gasteiger partial charge < -0.3 is 0 Å². The lowest BCUT2D eigenvalue weighted by Gasteiger charge is -2.21. The molecule has 0 fully saturated rings. The summed E-state index contributed by atoms with van der Waals surface area (Å²) in [5.74, 6) is 0. The number of aromatic nitrogens is 2. The fourth-order valence-corrected chi connectivity index (χ4v) is 1.46. The number of rotatable bonds is 1. The zero-order valence-corrected chi connectivity index (χ0v) is 7.67. The maximum absolute atomic E-state index is 5.40. The largest absolute Gasteiger partial charge is 0.278 e. The van der Waals surface area contributed by atoms with Crippen molar-refractivity contribution in [3.63, 3.8) is 0 Å². The van der Waals surface area contributed by atoms with Gasteiger partial charge in [-0.1, -0.05) is 0 Å². The van der Waals surface area contributed by atoms with E-state index in [4.69, 9.17) is 23.5 Å². The van der Waals surface area contributed by atoms with Crippen molar-refractivity contribution in [1.29, 1.82) is 0 Å². The smallest absolute Gasteiger partial charge is 0.102 e. The first-order valence-corrected chi connectivity index (χ1v) is 3.80. The minimum atomic E-state index is -1.44. The highest BCUT2D eigenvalue weighted by atomic mass is 79.9. The van der Waals surface area contributed by atoms with E-state index in [1.807, 2.05) is 6.92 Å². The topological polar surface area (TPSA) is 17.8 Å². The summed E-state index contributed by atoms with van der Waals surface area (Å²) in [6, 6.07) is 1.78. The average Bonchev–Trinajstić information content (AvgIpc) is 2.08. The molecule has 6 heteroatoms.